The highest BCUT2D eigenvalue weighted by Crippen LogP contribution is 2.17. The lowest BCUT2D eigenvalue weighted by Gasteiger charge is -2.25. The predicted octanol–water partition coefficient (Wildman–Crippen LogP) is 1.14. The number of carbonyl (C=O) groups excluding carboxylic acids is 2. The van der Waals surface area contributed by atoms with Crippen LogP contribution in [0.25, 0.3) is 0 Å². The second-order valence-electron chi connectivity index (χ2n) is 5.67. The van der Waals surface area contributed by atoms with Crippen molar-refractivity contribution >= 4 is 11.8 Å². The molecule has 21 heavy (non-hydrogen) atoms. The quantitative estimate of drug-likeness (QED) is 0.464. The third kappa shape index (κ3) is 5.61. The summed E-state index contributed by atoms with van der Waals surface area (Å²) in [5.74, 6) is -1.53. The maximum Gasteiger partial charge on any atom is 0.374 e. The Morgan fingerprint density at radius 3 is 2.67 bits per heavy atom. The molecule has 0 radical (unpaired) electrons. The summed E-state index contributed by atoms with van der Waals surface area (Å²) in [6.45, 7) is 7.50. The van der Waals surface area contributed by atoms with E-state index in [1.54, 1.807) is 19.1 Å². The minimum absolute atomic E-state index is 0.148. The Bertz CT molecular complexity index is 509. The highest BCUT2D eigenvalue weighted by molar-refractivity contribution is 6.34. The zero-order valence-electron chi connectivity index (χ0n) is 12.8. The van der Waals surface area contributed by atoms with E-state index in [1.807, 2.05) is 20.8 Å². The van der Waals surface area contributed by atoms with Gasteiger partial charge in [-0.15, -0.1) is 0 Å². The summed E-state index contributed by atoms with van der Waals surface area (Å²) in [6.07, 6.45) is 0.364. The number of carbonyl (C=O) groups is 2. The van der Waals surface area contributed by atoms with Gasteiger partial charge in [-0.2, -0.15) is 0 Å². The summed E-state index contributed by atoms with van der Waals surface area (Å²) in [5, 5.41) is 13.2. The third-order valence-corrected chi connectivity index (χ3v) is 2.61. The normalized spacial score (nSPS) is 12.8. The molecule has 1 aromatic rings. The van der Waals surface area contributed by atoms with Crippen LogP contribution in [0.15, 0.2) is 18.3 Å². The maximum absolute atomic E-state index is 11.8. The molecule has 1 rings (SSSR count). The van der Waals surface area contributed by atoms with E-state index in [0.717, 1.165) is 0 Å². The highest BCUT2D eigenvalue weighted by Gasteiger charge is 2.23. The van der Waals surface area contributed by atoms with Gasteiger partial charge < -0.3 is 9.84 Å². The van der Waals surface area contributed by atoms with Crippen LogP contribution in [0.2, 0.25) is 0 Å². The van der Waals surface area contributed by atoms with Gasteiger partial charge in [-0.1, -0.05) is 6.07 Å². The van der Waals surface area contributed by atoms with Crippen molar-refractivity contribution in [2.45, 2.75) is 45.9 Å². The molecule has 0 fully saturated rings. The molecular formula is C15H22N2O4. The number of hydrogen-bond donors (Lipinski definition) is 2. The molecule has 0 aliphatic carbocycles. The number of hydrogen-bond acceptors (Lipinski definition) is 6. The van der Waals surface area contributed by atoms with Crippen molar-refractivity contribution < 1.29 is 19.4 Å². The van der Waals surface area contributed by atoms with Crippen LogP contribution in [0, 0.1) is 0 Å². The minimum atomic E-state index is -1.02. The van der Waals surface area contributed by atoms with E-state index in [2.05, 4.69) is 15.0 Å². The Morgan fingerprint density at radius 2 is 2.10 bits per heavy atom. The van der Waals surface area contributed by atoms with E-state index >= 15 is 0 Å². The summed E-state index contributed by atoms with van der Waals surface area (Å²) in [6, 6.07) is 3.31. The summed E-state index contributed by atoms with van der Waals surface area (Å²) in [5.41, 5.74) is 0.518. The number of rotatable bonds is 6. The molecule has 1 heterocycles. The molecule has 0 aliphatic rings. The van der Waals surface area contributed by atoms with Crippen molar-refractivity contribution in [3.63, 3.8) is 0 Å². The van der Waals surface area contributed by atoms with Gasteiger partial charge >= 0.3 is 5.97 Å². The third-order valence-electron chi connectivity index (χ3n) is 2.61. The molecule has 0 spiro atoms. The number of aromatic nitrogens is 1. The number of nitrogens with one attached hydrogen (secondary N) is 1. The molecule has 0 saturated carbocycles. The fourth-order valence-electron chi connectivity index (χ4n) is 1.78. The number of nitrogens with zero attached hydrogens (tertiary/aromatic N) is 1. The molecule has 1 aromatic heterocycles. The first kappa shape index (κ1) is 17.3. The number of ketones is 1. The lowest BCUT2D eigenvalue weighted by molar-refractivity contribution is -0.153. The van der Waals surface area contributed by atoms with Crippen molar-refractivity contribution in [2.75, 3.05) is 6.61 Å². The van der Waals surface area contributed by atoms with E-state index in [1.165, 1.54) is 6.20 Å². The second kappa shape index (κ2) is 7.28. The van der Waals surface area contributed by atoms with Gasteiger partial charge in [-0.05, 0) is 39.3 Å². The van der Waals surface area contributed by atoms with Gasteiger partial charge in [0.2, 0.25) is 5.78 Å². The van der Waals surface area contributed by atoms with E-state index in [4.69, 9.17) is 0 Å². The average Bonchev–Trinajstić information content (AvgIpc) is 2.37. The van der Waals surface area contributed by atoms with E-state index in [-0.39, 0.29) is 18.6 Å². The van der Waals surface area contributed by atoms with Crippen molar-refractivity contribution in [2.24, 2.45) is 0 Å². The number of ether oxygens (including phenoxy) is 1. The van der Waals surface area contributed by atoms with Crippen LogP contribution in [-0.4, -0.2) is 34.0 Å². The van der Waals surface area contributed by atoms with E-state index in [0.29, 0.717) is 11.3 Å². The zero-order chi connectivity index (χ0) is 16.0. The first-order chi connectivity index (χ1) is 9.74. The Labute approximate surface area is 124 Å². The van der Waals surface area contributed by atoms with Crippen LogP contribution in [-0.2, 0) is 20.7 Å². The highest BCUT2D eigenvalue weighted by atomic mass is 16.5. The van der Waals surface area contributed by atoms with Crippen LogP contribution in [0.4, 0.5) is 0 Å². The van der Waals surface area contributed by atoms with Gasteiger partial charge in [0.05, 0.1) is 12.3 Å². The Balaban J connectivity index is 2.89. The van der Waals surface area contributed by atoms with Crippen LogP contribution in [0.5, 0.6) is 0 Å². The number of pyridine rings is 1. The van der Waals surface area contributed by atoms with Crippen LogP contribution < -0.4 is 5.32 Å². The van der Waals surface area contributed by atoms with Gasteiger partial charge in [-0.3, -0.25) is 15.1 Å². The van der Waals surface area contributed by atoms with Gasteiger partial charge in [0.15, 0.2) is 0 Å². The SMILES string of the molecule is CCOC(=O)C(=O)Cc1cccnc1C(O)NC(C)(C)C. The fraction of sp³-hybridized carbons (Fsp3) is 0.533. The molecule has 2 N–H and O–H groups in total. The molecule has 0 amide bonds. The van der Waals surface area contributed by atoms with Gasteiger partial charge in [0, 0.05) is 18.2 Å². The topological polar surface area (TPSA) is 88.5 Å². The van der Waals surface area contributed by atoms with Crippen LogP contribution in [0.1, 0.15) is 45.2 Å². The predicted molar refractivity (Wildman–Crippen MR) is 77.4 cm³/mol. The molecule has 1 atom stereocenters. The number of aliphatic hydroxyl groups is 1. The Hall–Kier alpha value is -1.79. The molecule has 0 bridgehead atoms. The smallest absolute Gasteiger partial charge is 0.374 e. The molecule has 0 saturated heterocycles. The molecular weight excluding hydrogens is 272 g/mol. The van der Waals surface area contributed by atoms with Crippen LogP contribution >= 0.6 is 0 Å². The summed E-state index contributed by atoms with van der Waals surface area (Å²) in [4.78, 5) is 27.2. The molecule has 1 unspecified atom stereocenters. The first-order valence-electron chi connectivity index (χ1n) is 6.84. The average molecular weight is 294 g/mol. The van der Waals surface area contributed by atoms with Gasteiger partial charge in [0.1, 0.15) is 6.23 Å². The number of aliphatic hydroxyl groups excluding tert-OH is 1. The van der Waals surface area contributed by atoms with Crippen molar-refractivity contribution in [1.29, 1.82) is 0 Å². The van der Waals surface area contributed by atoms with Gasteiger partial charge in [-0.25, -0.2) is 4.79 Å². The fourth-order valence-corrected chi connectivity index (χ4v) is 1.78. The number of Topliss-reactive ketones (excluding diaryl/α,β-unsaturated/α-hetero) is 1. The lowest BCUT2D eigenvalue weighted by atomic mass is 10.0. The standard InChI is InChI=1S/C15H22N2O4/c1-5-21-14(20)11(18)9-10-7-6-8-16-12(10)13(19)17-15(2,3)4/h6-8,13,17,19H,5,9H2,1-4H3. The van der Waals surface area contributed by atoms with Crippen molar-refractivity contribution in [1.82, 2.24) is 10.3 Å². The van der Waals surface area contributed by atoms with Gasteiger partial charge in [0.25, 0.3) is 0 Å². The Kier molecular flexibility index (Phi) is 5.99. The minimum Gasteiger partial charge on any atom is -0.460 e. The molecule has 116 valence electrons. The maximum atomic E-state index is 11.8. The molecule has 6 heteroatoms. The summed E-state index contributed by atoms with van der Waals surface area (Å²) < 4.78 is 4.67. The molecule has 0 aliphatic heterocycles. The summed E-state index contributed by atoms with van der Waals surface area (Å²) >= 11 is 0. The van der Waals surface area contributed by atoms with Crippen molar-refractivity contribution in [3.8, 4) is 0 Å². The zero-order valence-corrected chi connectivity index (χ0v) is 12.8. The number of esters is 1. The van der Waals surface area contributed by atoms with E-state index in [9.17, 15) is 14.7 Å². The first-order valence-corrected chi connectivity index (χ1v) is 6.84. The van der Waals surface area contributed by atoms with E-state index < -0.39 is 18.0 Å². The Morgan fingerprint density at radius 1 is 1.43 bits per heavy atom. The second-order valence-corrected chi connectivity index (χ2v) is 5.67. The lowest BCUT2D eigenvalue weighted by Crippen LogP contribution is -2.39. The molecule has 6 nitrogen and oxygen atoms in total. The molecule has 0 aromatic carbocycles. The van der Waals surface area contributed by atoms with Crippen molar-refractivity contribution in [3.05, 3.63) is 29.6 Å². The largest absolute Gasteiger partial charge is 0.460 e. The summed E-state index contributed by atoms with van der Waals surface area (Å²) in [7, 11) is 0. The monoisotopic (exact) mass is 294 g/mol. The van der Waals surface area contributed by atoms with Crippen LogP contribution in [0.3, 0.4) is 0 Å².